The Labute approximate surface area is 102 Å². The SMILES string of the molecule is C=CCNc1nc(O)cc(C(F)(F)F)c1C(C)=N. The number of nitrogens with one attached hydrogen (secondary N) is 2. The van der Waals surface area contributed by atoms with Crippen LogP contribution in [-0.2, 0) is 6.18 Å². The average molecular weight is 259 g/mol. The molecule has 1 heterocycles. The van der Waals surface area contributed by atoms with Crippen LogP contribution < -0.4 is 5.32 Å². The van der Waals surface area contributed by atoms with E-state index < -0.39 is 17.6 Å². The van der Waals surface area contributed by atoms with Gasteiger partial charge in [-0.15, -0.1) is 6.58 Å². The molecule has 7 heteroatoms. The van der Waals surface area contributed by atoms with E-state index in [4.69, 9.17) is 5.41 Å². The van der Waals surface area contributed by atoms with E-state index in [0.717, 1.165) is 0 Å². The van der Waals surface area contributed by atoms with Crippen LogP contribution in [0.15, 0.2) is 18.7 Å². The van der Waals surface area contributed by atoms with Crippen molar-refractivity contribution in [1.29, 1.82) is 5.41 Å². The Morgan fingerprint density at radius 2 is 2.22 bits per heavy atom. The van der Waals surface area contributed by atoms with E-state index in [1.54, 1.807) is 0 Å². The highest BCUT2D eigenvalue weighted by molar-refractivity contribution is 6.02. The summed E-state index contributed by atoms with van der Waals surface area (Å²) in [5, 5.41) is 19.2. The van der Waals surface area contributed by atoms with Crippen molar-refractivity contribution in [3.05, 3.63) is 29.8 Å². The van der Waals surface area contributed by atoms with Crippen molar-refractivity contribution in [2.45, 2.75) is 13.1 Å². The second-order valence-corrected chi connectivity index (χ2v) is 3.54. The standard InChI is InChI=1S/C11H12F3N3O/c1-3-4-16-10-9(6(2)15)7(11(12,13)14)5-8(18)17-10/h3,5,15H,1,4H2,2H3,(H2,16,17,18). The van der Waals surface area contributed by atoms with Gasteiger partial charge in [-0.05, 0) is 6.92 Å². The lowest BCUT2D eigenvalue weighted by molar-refractivity contribution is -0.137. The van der Waals surface area contributed by atoms with Gasteiger partial charge in [0.05, 0.1) is 5.56 Å². The zero-order valence-corrected chi connectivity index (χ0v) is 9.60. The first-order valence-electron chi connectivity index (χ1n) is 4.99. The second kappa shape index (κ2) is 5.07. The summed E-state index contributed by atoms with van der Waals surface area (Å²) >= 11 is 0. The molecule has 0 bridgehead atoms. The van der Waals surface area contributed by atoms with Gasteiger partial charge in [-0.1, -0.05) is 6.08 Å². The molecule has 1 aromatic rings. The van der Waals surface area contributed by atoms with Crippen molar-refractivity contribution >= 4 is 11.5 Å². The molecule has 0 saturated carbocycles. The van der Waals surface area contributed by atoms with Crippen LogP contribution in [-0.4, -0.2) is 22.3 Å². The zero-order valence-electron chi connectivity index (χ0n) is 9.60. The molecule has 0 unspecified atom stereocenters. The maximum atomic E-state index is 12.8. The third-order valence-electron chi connectivity index (χ3n) is 2.10. The number of pyridine rings is 1. The summed E-state index contributed by atoms with van der Waals surface area (Å²) in [7, 11) is 0. The van der Waals surface area contributed by atoms with Crippen LogP contribution in [0.4, 0.5) is 19.0 Å². The molecular weight excluding hydrogens is 247 g/mol. The molecule has 3 N–H and O–H groups in total. The fourth-order valence-electron chi connectivity index (χ4n) is 1.43. The van der Waals surface area contributed by atoms with E-state index in [-0.39, 0.29) is 23.6 Å². The Kier molecular flexibility index (Phi) is 3.95. The minimum atomic E-state index is -4.66. The predicted octanol–water partition coefficient (Wildman–Crippen LogP) is 2.79. The van der Waals surface area contributed by atoms with Crippen LogP contribution in [0.2, 0.25) is 0 Å². The maximum Gasteiger partial charge on any atom is 0.417 e. The molecule has 0 amide bonds. The van der Waals surface area contributed by atoms with Crippen LogP contribution in [0.1, 0.15) is 18.1 Å². The number of aromatic hydroxyl groups is 1. The predicted molar refractivity (Wildman–Crippen MR) is 62.1 cm³/mol. The van der Waals surface area contributed by atoms with Gasteiger partial charge in [0.1, 0.15) is 5.82 Å². The van der Waals surface area contributed by atoms with Gasteiger partial charge in [0.25, 0.3) is 0 Å². The summed E-state index contributed by atoms with van der Waals surface area (Å²) in [6.07, 6.45) is -3.23. The van der Waals surface area contributed by atoms with Gasteiger partial charge in [0.2, 0.25) is 5.88 Å². The van der Waals surface area contributed by atoms with Crippen LogP contribution in [0.25, 0.3) is 0 Å². The Hall–Kier alpha value is -2.05. The largest absolute Gasteiger partial charge is 0.493 e. The quantitative estimate of drug-likeness (QED) is 0.575. The van der Waals surface area contributed by atoms with Crippen molar-refractivity contribution < 1.29 is 18.3 Å². The minimum absolute atomic E-state index is 0.175. The summed E-state index contributed by atoms with van der Waals surface area (Å²) in [5.74, 6) is -0.936. The molecule has 0 fully saturated rings. The molecular formula is C11H12F3N3O. The second-order valence-electron chi connectivity index (χ2n) is 3.54. The molecule has 0 aliphatic heterocycles. The van der Waals surface area contributed by atoms with E-state index in [9.17, 15) is 18.3 Å². The Morgan fingerprint density at radius 3 is 2.67 bits per heavy atom. The third-order valence-corrected chi connectivity index (χ3v) is 2.10. The number of hydrogen-bond acceptors (Lipinski definition) is 4. The molecule has 4 nitrogen and oxygen atoms in total. The normalized spacial score (nSPS) is 11.1. The molecule has 0 aliphatic carbocycles. The van der Waals surface area contributed by atoms with E-state index >= 15 is 0 Å². The number of nitrogens with zero attached hydrogens (tertiary/aromatic N) is 1. The number of aromatic nitrogens is 1. The number of rotatable bonds is 4. The highest BCUT2D eigenvalue weighted by Gasteiger charge is 2.36. The highest BCUT2D eigenvalue weighted by atomic mass is 19.4. The monoisotopic (exact) mass is 259 g/mol. The first kappa shape index (κ1) is 14.0. The summed E-state index contributed by atoms with van der Waals surface area (Å²) in [4.78, 5) is 3.56. The average Bonchev–Trinajstić information content (AvgIpc) is 2.23. The van der Waals surface area contributed by atoms with Gasteiger partial charge >= 0.3 is 6.18 Å². The van der Waals surface area contributed by atoms with E-state index in [1.807, 2.05) is 0 Å². The van der Waals surface area contributed by atoms with Crippen molar-refractivity contribution in [2.75, 3.05) is 11.9 Å². The fraction of sp³-hybridized carbons (Fsp3) is 0.273. The number of halogens is 3. The van der Waals surface area contributed by atoms with Gasteiger partial charge in [0, 0.05) is 23.9 Å². The van der Waals surface area contributed by atoms with Crippen LogP contribution in [0.5, 0.6) is 5.88 Å². The fourth-order valence-corrected chi connectivity index (χ4v) is 1.43. The molecule has 0 aliphatic rings. The van der Waals surface area contributed by atoms with E-state index in [1.165, 1.54) is 13.0 Å². The first-order chi connectivity index (χ1) is 8.27. The number of alkyl halides is 3. The summed E-state index contributed by atoms with van der Waals surface area (Å²) in [5.41, 5.74) is -1.75. The van der Waals surface area contributed by atoms with Gasteiger partial charge in [0.15, 0.2) is 0 Å². The molecule has 0 spiro atoms. The van der Waals surface area contributed by atoms with Gasteiger partial charge in [-0.25, -0.2) is 0 Å². The lowest BCUT2D eigenvalue weighted by atomic mass is 10.0. The summed E-state index contributed by atoms with van der Waals surface area (Å²) in [6, 6.07) is 0.506. The molecule has 0 aromatic carbocycles. The number of hydrogen-bond donors (Lipinski definition) is 3. The van der Waals surface area contributed by atoms with E-state index in [2.05, 4.69) is 16.9 Å². The lowest BCUT2D eigenvalue weighted by Crippen LogP contribution is -2.16. The molecule has 98 valence electrons. The first-order valence-corrected chi connectivity index (χ1v) is 4.99. The molecule has 0 saturated heterocycles. The van der Waals surface area contributed by atoms with Gasteiger partial charge < -0.3 is 15.8 Å². The maximum absolute atomic E-state index is 12.8. The Balaban J connectivity index is 3.46. The van der Waals surface area contributed by atoms with Gasteiger partial charge in [-0.3, -0.25) is 0 Å². The third kappa shape index (κ3) is 2.99. The van der Waals surface area contributed by atoms with Crippen LogP contribution in [0.3, 0.4) is 0 Å². The molecule has 1 rings (SSSR count). The zero-order chi connectivity index (χ0) is 13.9. The molecule has 0 atom stereocenters. The van der Waals surface area contributed by atoms with E-state index in [0.29, 0.717) is 6.07 Å². The van der Waals surface area contributed by atoms with Crippen LogP contribution in [0, 0.1) is 5.41 Å². The molecule has 18 heavy (non-hydrogen) atoms. The minimum Gasteiger partial charge on any atom is -0.493 e. The van der Waals surface area contributed by atoms with Crippen molar-refractivity contribution in [3.8, 4) is 5.88 Å². The van der Waals surface area contributed by atoms with Crippen molar-refractivity contribution in [2.24, 2.45) is 0 Å². The number of anilines is 1. The van der Waals surface area contributed by atoms with Crippen LogP contribution >= 0.6 is 0 Å². The highest BCUT2D eigenvalue weighted by Crippen LogP contribution is 2.36. The summed E-state index contributed by atoms with van der Waals surface area (Å²) in [6.45, 7) is 4.81. The topological polar surface area (TPSA) is 69.0 Å². The Bertz CT molecular complexity index is 483. The summed E-state index contributed by atoms with van der Waals surface area (Å²) < 4.78 is 38.4. The Morgan fingerprint density at radius 1 is 1.61 bits per heavy atom. The smallest absolute Gasteiger partial charge is 0.417 e. The van der Waals surface area contributed by atoms with Crippen molar-refractivity contribution in [1.82, 2.24) is 4.98 Å². The molecule has 0 radical (unpaired) electrons. The lowest BCUT2D eigenvalue weighted by Gasteiger charge is -2.16. The van der Waals surface area contributed by atoms with Crippen molar-refractivity contribution in [3.63, 3.8) is 0 Å². The molecule has 1 aromatic heterocycles. The van der Waals surface area contributed by atoms with Gasteiger partial charge in [-0.2, -0.15) is 18.2 Å².